The highest BCUT2D eigenvalue weighted by molar-refractivity contribution is 5.83. The van der Waals surface area contributed by atoms with Crippen molar-refractivity contribution in [3.05, 3.63) is 36.0 Å². The van der Waals surface area contributed by atoms with Crippen LogP contribution in [0.5, 0.6) is 0 Å². The maximum atomic E-state index is 12.5. The smallest absolute Gasteiger partial charge is 0.246 e. The Morgan fingerprint density at radius 3 is 3.04 bits per heavy atom. The molecule has 2 fully saturated rings. The number of carbonyl (C=O) groups is 2. The summed E-state index contributed by atoms with van der Waals surface area (Å²) >= 11 is 0. The number of amides is 2. The zero-order chi connectivity index (χ0) is 17.3. The van der Waals surface area contributed by atoms with E-state index in [1.807, 2.05) is 23.2 Å². The van der Waals surface area contributed by atoms with Gasteiger partial charge in [-0.25, -0.2) is 0 Å². The normalized spacial score (nSPS) is 23.4. The molecule has 1 spiro atoms. The fourth-order valence-electron chi connectivity index (χ4n) is 3.83. The number of ether oxygens (including phenoxy) is 1. The van der Waals surface area contributed by atoms with Gasteiger partial charge in [0.2, 0.25) is 11.8 Å². The maximum Gasteiger partial charge on any atom is 0.246 e. The standard InChI is InChI=1S/C19H23N3O3/c23-17-11-25-19(12-21-17)8-9-22(13-19)18(24)7-3-4-14-10-20-16-6-2-1-5-15(14)16/h1-2,5-6,10,20H,3-4,7-9,11-13H2,(H,21,23). The van der Waals surface area contributed by atoms with Crippen LogP contribution in [0.25, 0.3) is 10.9 Å². The molecule has 0 radical (unpaired) electrons. The van der Waals surface area contributed by atoms with Crippen molar-refractivity contribution in [2.24, 2.45) is 0 Å². The SMILES string of the molecule is O=C1COC2(CCN(C(=O)CCCc3c[nH]c4ccccc34)C2)CN1. The summed E-state index contributed by atoms with van der Waals surface area (Å²) in [7, 11) is 0. The average molecular weight is 341 g/mol. The molecule has 2 N–H and O–H groups in total. The average Bonchev–Trinajstić information content (AvgIpc) is 3.23. The number of aryl methyl sites for hydroxylation is 1. The van der Waals surface area contributed by atoms with E-state index in [0.717, 1.165) is 24.8 Å². The van der Waals surface area contributed by atoms with Gasteiger partial charge in [0.15, 0.2) is 0 Å². The van der Waals surface area contributed by atoms with Crippen LogP contribution in [0, 0.1) is 0 Å². The third-order valence-corrected chi connectivity index (χ3v) is 5.30. The predicted octanol–water partition coefficient (Wildman–Crippen LogP) is 1.61. The van der Waals surface area contributed by atoms with E-state index in [9.17, 15) is 9.59 Å². The first-order chi connectivity index (χ1) is 12.2. The third-order valence-electron chi connectivity index (χ3n) is 5.30. The number of likely N-dealkylation sites (tertiary alicyclic amines) is 1. The Hall–Kier alpha value is -2.34. The zero-order valence-electron chi connectivity index (χ0n) is 14.2. The van der Waals surface area contributed by atoms with Crippen molar-refractivity contribution in [1.29, 1.82) is 0 Å². The zero-order valence-corrected chi connectivity index (χ0v) is 14.2. The van der Waals surface area contributed by atoms with Gasteiger partial charge in [-0.3, -0.25) is 9.59 Å². The van der Waals surface area contributed by atoms with E-state index >= 15 is 0 Å². The molecule has 1 unspecified atom stereocenters. The Labute approximate surface area is 146 Å². The van der Waals surface area contributed by atoms with Gasteiger partial charge in [-0.15, -0.1) is 0 Å². The van der Waals surface area contributed by atoms with Crippen LogP contribution in [0.4, 0.5) is 0 Å². The molecular weight excluding hydrogens is 318 g/mol. The number of carbonyl (C=O) groups excluding carboxylic acids is 2. The van der Waals surface area contributed by atoms with Crippen molar-refractivity contribution in [2.45, 2.75) is 31.3 Å². The summed E-state index contributed by atoms with van der Waals surface area (Å²) in [6.45, 7) is 1.90. The highest BCUT2D eigenvalue weighted by Gasteiger charge is 2.43. The summed E-state index contributed by atoms with van der Waals surface area (Å²) in [6, 6.07) is 8.24. The summed E-state index contributed by atoms with van der Waals surface area (Å²) in [4.78, 5) is 28.9. The maximum absolute atomic E-state index is 12.5. The van der Waals surface area contributed by atoms with E-state index in [4.69, 9.17) is 4.74 Å². The van der Waals surface area contributed by atoms with Crippen molar-refractivity contribution in [1.82, 2.24) is 15.2 Å². The van der Waals surface area contributed by atoms with Crippen molar-refractivity contribution < 1.29 is 14.3 Å². The van der Waals surface area contributed by atoms with Crippen LogP contribution in [-0.2, 0) is 20.7 Å². The number of nitrogens with zero attached hydrogens (tertiary/aromatic N) is 1. The Bertz CT molecular complexity index is 788. The Morgan fingerprint density at radius 1 is 1.32 bits per heavy atom. The first kappa shape index (κ1) is 16.1. The molecule has 0 saturated carbocycles. The number of para-hydroxylation sites is 1. The summed E-state index contributed by atoms with van der Waals surface area (Å²) < 4.78 is 5.72. The van der Waals surface area contributed by atoms with Crippen molar-refractivity contribution in [3.63, 3.8) is 0 Å². The number of H-pyrrole nitrogens is 1. The van der Waals surface area contributed by atoms with Crippen LogP contribution >= 0.6 is 0 Å². The number of fused-ring (bicyclic) bond motifs is 1. The van der Waals surface area contributed by atoms with Crippen LogP contribution in [0.2, 0.25) is 0 Å². The molecule has 25 heavy (non-hydrogen) atoms. The minimum Gasteiger partial charge on any atom is -0.361 e. The Morgan fingerprint density at radius 2 is 2.20 bits per heavy atom. The molecule has 1 aromatic carbocycles. The summed E-state index contributed by atoms with van der Waals surface area (Å²) in [5, 5.41) is 4.09. The lowest BCUT2D eigenvalue weighted by atomic mass is 10.0. The molecule has 1 atom stereocenters. The second kappa shape index (κ2) is 6.52. The van der Waals surface area contributed by atoms with Crippen molar-refractivity contribution >= 4 is 22.7 Å². The quantitative estimate of drug-likeness (QED) is 0.887. The number of rotatable bonds is 4. The molecule has 2 aliphatic rings. The fourth-order valence-corrected chi connectivity index (χ4v) is 3.83. The highest BCUT2D eigenvalue weighted by atomic mass is 16.5. The van der Waals surface area contributed by atoms with E-state index < -0.39 is 0 Å². The molecule has 2 aromatic rings. The molecule has 6 nitrogen and oxygen atoms in total. The monoisotopic (exact) mass is 341 g/mol. The van der Waals surface area contributed by atoms with E-state index in [1.165, 1.54) is 10.9 Å². The van der Waals surface area contributed by atoms with E-state index in [-0.39, 0.29) is 24.0 Å². The first-order valence-electron chi connectivity index (χ1n) is 8.89. The fraction of sp³-hybridized carbons (Fsp3) is 0.474. The number of hydrogen-bond donors (Lipinski definition) is 2. The molecular formula is C19H23N3O3. The van der Waals surface area contributed by atoms with E-state index in [1.54, 1.807) is 0 Å². The number of hydrogen-bond acceptors (Lipinski definition) is 3. The van der Waals surface area contributed by atoms with Crippen LogP contribution in [0.1, 0.15) is 24.8 Å². The first-order valence-corrected chi connectivity index (χ1v) is 8.89. The second-order valence-electron chi connectivity index (χ2n) is 7.03. The Balaban J connectivity index is 1.29. The number of benzene rings is 1. The summed E-state index contributed by atoms with van der Waals surface area (Å²) in [5.74, 6) is 0.103. The van der Waals surface area contributed by atoms with Crippen LogP contribution in [0.3, 0.4) is 0 Å². The summed E-state index contributed by atoms with van der Waals surface area (Å²) in [6.07, 6.45) is 5.10. The third kappa shape index (κ3) is 3.26. The molecule has 0 bridgehead atoms. The second-order valence-corrected chi connectivity index (χ2v) is 7.03. The highest BCUT2D eigenvalue weighted by Crippen LogP contribution is 2.27. The molecule has 2 amide bonds. The number of aromatic nitrogens is 1. The van der Waals surface area contributed by atoms with Gasteiger partial charge in [-0.2, -0.15) is 0 Å². The molecule has 132 valence electrons. The minimum atomic E-state index is -0.375. The summed E-state index contributed by atoms with van der Waals surface area (Å²) in [5.41, 5.74) is 2.03. The lowest BCUT2D eigenvalue weighted by molar-refractivity contribution is -0.143. The molecule has 2 aliphatic heterocycles. The molecule has 0 aliphatic carbocycles. The van der Waals surface area contributed by atoms with E-state index in [0.29, 0.717) is 26.1 Å². The Kier molecular flexibility index (Phi) is 4.21. The van der Waals surface area contributed by atoms with Crippen molar-refractivity contribution in [2.75, 3.05) is 26.2 Å². The largest absolute Gasteiger partial charge is 0.361 e. The lowest BCUT2D eigenvalue weighted by Gasteiger charge is -2.33. The van der Waals surface area contributed by atoms with Gasteiger partial charge in [0.1, 0.15) is 12.2 Å². The van der Waals surface area contributed by atoms with Crippen LogP contribution in [-0.4, -0.2) is 53.5 Å². The molecule has 2 saturated heterocycles. The van der Waals surface area contributed by atoms with Crippen LogP contribution < -0.4 is 5.32 Å². The van der Waals surface area contributed by atoms with E-state index in [2.05, 4.69) is 22.4 Å². The van der Waals surface area contributed by atoms with Gasteiger partial charge in [-0.1, -0.05) is 18.2 Å². The lowest BCUT2D eigenvalue weighted by Crippen LogP contribution is -2.54. The topological polar surface area (TPSA) is 74.4 Å². The molecule has 3 heterocycles. The number of morpholine rings is 1. The van der Waals surface area contributed by atoms with Gasteiger partial charge in [0.25, 0.3) is 0 Å². The van der Waals surface area contributed by atoms with Gasteiger partial charge < -0.3 is 19.9 Å². The van der Waals surface area contributed by atoms with Gasteiger partial charge >= 0.3 is 0 Å². The molecule has 6 heteroatoms. The predicted molar refractivity (Wildman–Crippen MR) is 94.1 cm³/mol. The molecule has 4 rings (SSSR count). The van der Waals surface area contributed by atoms with Gasteiger partial charge in [-0.05, 0) is 30.9 Å². The minimum absolute atomic E-state index is 0.0749. The molecule has 1 aromatic heterocycles. The van der Waals surface area contributed by atoms with Crippen LogP contribution in [0.15, 0.2) is 30.5 Å². The van der Waals surface area contributed by atoms with Crippen molar-refractivity contribution in [3.8, 4) is 0 Å². The number of nitrogens with one attached hydrogen (secondary N) is 2. The van der Waals surface area contributed by atoms with Gasteiger partial charge in [0, 0.05) is 36.6 Å². The number of aromatic amines is 1. The van der Waals surface area contributed by atoms with Gasteiger partial charge in [0.05, 0.1) is 6.54 Å².